The minimum absolute atomic E-state index is 0.241. The Bertz CT molecular complexity index is 989. The van der Waals surface area contributed by atoms with Crippen molar-refractivity contribution in [3.63, 3.8) is 0 Å². The van der Waals surface area contributed by atoms with Crippen LogP contribution in [0.3, 0.4) is 0 Å². The highest BCUT2D eigenvalue weighted by Gasteiger charge is 2.08. The van der Waals surface area contributed by atoms with Crippen LogP contribution < -0.4 is 4.74 Å². The van der Waals surface area contributed by atoms with Crippen molar-refractivity contribution in [3.8, 4) is 22.6 Å². The van der Waals surface area contributed by atoms with Crippen LogP contribution in [0.2, 0.25) is 0 Å². The molecule has 0 aliphatic heterocycles. The van der Waals surface area contributed by atoms with E-state index in [4.69, 9.17) is 4.74 Å². The molecule has 0 radical (unpaired) electrons. The minimum Gasteiger partial charge on any atom is -0.507 e. The third-order valence-corrected chi connectivity index (χ3v) is 5.48. The predicted octanol–water partition coefficient (Wildman–Crippen LogP) is 7.72. The number of hydrogen-bond acceptors (Lipinski definition) is 3. The number of phenolic OH excluding ortho intramolecular Hbond substituents is 1. The molecule has 0 atom stereocenters. The second-order valence-corrected chi connectivity index (χ2v) is 7.88. The van der Waals surface area contributed by atoms with Gasteiger partial charge in [0.05, 0.1) is 12.3 Å². The molecule has 0 amide bonds. The fourth-order valence-corrected chi connectivity index (χ4v) is 3.54. The number of aromatic hydroxyl groups is 1. The summed E-state index contributed by atoms with van der Waals surface area (Å²) in [5.41, 5.74) is 5.76. The summed E-state index contributed by atoms with van der Waals surface area (Å²) in [6, 6.07) is 22.0. The molecule has 3 rings (SSSR count). The van der Waals surface area contributed by atoms with E-state index < -0.39 is 0 Å². The highest BCUT2D eigenvalue weighted by atomic mass is 16.5. The van der Waals surface area contributed by atoms with Crippen molar-refractivity contribution >= 4 is 11.4 Å². The molecule has 0 saturated heterocycles. The van der Waals surface area contributed by atoms with Crippen LogP contribution in [0.25, 0.3) is 11.1 Å². The van der Waals surface area contributed by atoms with Crippen molar-refractivity contribution in [2.45, 2.75) is 52.9 Å². The molecule has 0 aliphatic carbocycles. The molecule has 0 heterocycles. The quantitative estimate of drug-likeness (QED) is 0.272. The van der Waals surface area contributed by atoms with Gasteiger partial charge in [-0.15, -0.1) is 0 Å². The monoisotopic (exact) mass is 415 g/mol. The average Bonchev–Trinajstić information content (AvgIpc) is 2.80. The van der Waals surface area contributed by atoms with Gasteiger partial charge >= 0.3 is 0 Å². The van der Waals surface area contributed by atoms with Gasteiger partial charge in [0.2, 0.25) is 0 Å². The first-order valence-corrected chi connectivity index (χ1v) is 11.3. The molecule has 0 saturated carbocycles. The maximum atomic E-state index is 10.6. The van der Waals surface area contributed by atoms with Crippen LogP contribution in [0.5, 0.6) is 11.5 Å². The lowest BCUT2D eigenvalue weighted by molar-refractivity contribution is 0.305. The second-order valence-electron chi connectivity index (χ2n) is 7.88. The Morgan fingerprint density at radius 3 is 2.19 bits per heavy atom. The molecule has 0 fully saturated rings. The summed E-state index contributed by atoms with van der Waals surface area (Å²) < 4.78 is 5.80. The number of rotatable bonds is 10. The number of hydrogen-bond donors (Lipinski definition) is 1. The lowest BCUT2D eigenvalue weighted by Gasteiger charge is -2.09. The summed E-state index contributed by atoms with van der Waals surface area (Å²) in [6.07, 6.45) is 5.81. The molecular formula is C28H33NO2. The Morgan fingerprint density at radius 2 is 1.55 bits per heavy atom. The van der Waals surface area contributed by atoms with Crippen LogP contribution in [0, 0.1) is 0 Å². The zero-order valence-electron chi connectivity index (χ0n) is 18.9. The van der Waals surface area contributed by atoms with Gasteiger partial charge < -0.3 is 9.84 Å². The number of nitrogens with zero attached hydrogens (tertiary/aromatic N) is 1. The van der Waals surface area contributed by atoms with Gasteiger partial charge in [-0.05, 0) is 72.9 Å². The van der Waals surface area contributed by atoms with Crippen LogP contribution in [-0.4, -0.2) is 17.4 Å². The maximum Gasteiger partial charge on any atom is 0.125 e. The van der Waals surface area contributed by atoms with Crippen LogP contribution in [0.4, 0.5) is 5.69 Å². The number of phenols is 1. The molecule has 31 heavy (non-hydrogen) atoms. The van der Waals surface area contributed by atoms with E-state index >= 15 is 0 Å². The summed E-state index contributed by atoms with van der Waals surface area (Å²) in [5.74, 6) is 1.11. The van der Waals surface area contributed by atoms with E-state index in [1.54, 1.807) is 0 Å². The molecule has 0 aliphatic rings. The SMILES string of the molecule is CCCCCCOc1ccc(N=C(C)c2ccc(-c3ccc(CC)cc3)cc2O)cc1. The second kappa shape index (κ2) is 11.4. The first-order chi connectivity index (χ1) is 15.1. The predicted molar refractivity (Wildman–Crippen MR) is 131 cm³/mol. The van der Waals surface area contributed by atoms with Crippen LogP contribution in [-0.2, 0) is 6.42 Å². The molecule has 0 spiro atoms. The average molecular weight is 416 g/mol. The topological polar surface area (TPSA) is 41.8 Å². The van der Waals surface area contributed by atoms with E-state index in [0.29, 0.717) is 0 Å². The molecular weight excluding hydrogens is 382 g/mol. The summed E-state index contributed by atoms with van der Waals surface area (Å²) in [5, 5.41) is 10.6. The zero-order valence-corrected chi connectivity index (χ0v) is 18.9. The first kappa shape index (κ1) is 22.6. The molecule has 3 aromatic rings. The molecule has 3 aromatic carbocycles. The van der Waals surface area contributed by atoms with Gasteiger partial charge in [-0.3, -0.25) is 4.99 Å². The van der Waals surface area contributed by atoms with E-state index in [1.165, 1.54) is 24.8 Å². The van der Waals surface area contributed by atoms with Gasteiger partial charge in [-0.25, -0.2) is 0 Å². The standard InChI is InChI=1S/C28H33NO2/c1-4-6-7-8-19-31-26-16-14-25(15-17-26)29-21(3)27-18-13-24(20-28(27)30)23-11-9-22(5-2)10-12-23/h9-18,20,30H,4-8,19H2,1-3H3. The molecule has 162 valence electrons. The summed E-state index contributed by atoms with van der Waals surface area (Å²) in [7, 11) is 0. The fraction of sp³-hybridized carbons (Fsp3) is 0.321. The van der Waals surface area contributed by atoms with Crippen LogP contribution >= 0.6 is 0 Å². The Labute approximate surface area is 186 Å². The summed E-state index contributed by atoms with van der Waals surface area (Å²) in [4.78, 5) is 4.68. The van der Waals surface area contributed by atoms with Gasteiger partial charge in [-0.1, -0.05) is 63.4 Å². The molecule has 0 aromatic heterocycles. The summed E-state index contributed by atoms with van der Waals surface area (Å²) in [6.45, 7) is 7.03. The Hall–Kier alpha value is -3.07. The van der Waals surface area contributed by atoms with Crippen LogP contribution in [0.15, 0.2) is 71.7 Å². The van der Waals surface area contributed by atoms with Gasteiger partial charge in [0.1, 0.15) is 11.5 Å². The molecule has 3 nitrogen and oxygen atoms in total. The lowest BCUT2D eigenvalue weighted by Crippen LogP contribution is -1.97. The van der Waals surface area contributed by atoms with Crippen molar-refractivity contribution in [2.24, 2.45) is 4.99 Å². The van der Waals surface area contributed by atoms with E-state index in [0.717, 1.165) is 53.3 Å². The third-order valence-electron chi connectivity index (χ3n) is 5.48. The number of aliphatic imine (C=N–C) groups is 1. The zero-order chi connectivity index (χ0) is 22.1. The van der Waals surface area contributed by atoms with Gasteiger partial charge in [0.25, 0.3) is 0 Å². The number of benzene rings is 3. The highest BCUT2D eigenvalue weighted by Crippen LogP contribution is 2.28. The summed E-state index contributed by atoms with van der Waals surface area (Å²) >= 11 is 0. The first-order valence-electron chi connectivity index (χ1n) is 11.3. The highest BCUT2D eigenvalue weighted by molar-refractivity contribution is 6.02. The van der Waals surface area contributed by atoms with Crippen molar-refractivity contribution in [1.29, 1.82) is 0 Å². The number of ether oxygens (including phenoxy) is 1. The van der Waals surface area contributed by atoms with E-state index in [1.807, 2.05) is 49.4 Å². The third kappa shape index (κ3) is 6.45. The van der Waals surface area contributed by atoms with Crippen molar-refractivity contribution in [3.05, 3.63) is 77.9 Å². The molecule has 0 unspecified atom stereocenters. The van der Waals surface area contributed by atoms with E-state index in [2.05, 4.69) is 43.1 Å². The largest absolute Gasteiger partial charge is 0.507 e. The van der Waals surface area contributed by atoms with Crippen molar-refractivity contribution in [2.75, 3.05) is 6.61 Å². The Morgan fingerprint density at radius 1 is 0.839 bits per heavy atom. The van der Waals surface area contributed by atoms with Crippen LogP contribution in [0.1, 0.15) is 57.6 Å². The van der Waals surface area contributed by atoms with Crippen molar-refractivity contribution < 1.29 is 9.84 Å². The van der Waals surface area contributed by atoms with Gasteiger partial charge in [0.15, 0.2) is 0 Å². The lowest BCUT2D eigenvalue weighted by atomic mass is 10.00. The Kier molecular flexibility index (Phi) is 8.28. The van der Waals surface area contributed by atoms with E-state index in [-0.39, 0.29) is 5.75 Å². The fourth-order valence-electron chi connectivity index (χ4n) is 3.54. The molecule has 1 N–H and O–H groups in total. The number of aryl methyl sites for hydroxylation is 1. The normalized spacial score (nSPS) is 11.5. The minimum atomic E-state index is 0.241. The van der Waals surface area contributed by atoms with Crippen molar-refractivity contribution in [1.82, 2.24) is 0 Å². The van der Waals surface area contributed by atoms with Gasteiger partial charge in [0, 0.05) is 11.3 Å². The smallest absolute Gasteiger partial charge is 0.125 e. The van der Waals surface area contributed by atoms with E-state index in [9.17, 15) is 5.11 Å². The Balaban J connectivity index is 1.66. The molecule has 0 bridgehead atoms. The number of unbranched alkanes of at least 4 members (excludes halogenated alkanes) is 3. The molecule has 3 heteroatoms. The maximum absolute atomic E-state index is 10.6. The van der Waals surface area contributed by atoms with Gasteiger partial charge in [-0.2, -0.15) is 0 Å².